The number of nitrogens with one attached hydrogen (secondary N) is 2. The molecule has 11 heteroatoms. The first-order valence-electron chi connectivity index (χ1n) is 16.8. The van der Waals surface area contributed by atoms with Gasteiger partial charge in [0.25, 0.3) is 11.8 Å². The van der Waals surface area contributed by atoms with E-state index in [9.17, 15) is 24.0 Å². The number of imide groups is 1. The highest BCUT2D eigenvalue weighted by molar-refractivity contribution is 8.00. The molecule has 4 amide bonds. The largest absolute Gasteiger partial charge is 0.489 e. The first-order valence-corrected chi connectivity index (χ1v) is 17.7. The molecule has 10 nitrogen and oxygen atoms in total. The molecule has 2 N–H and O–H groups in total. The lowest BCUT2D eigenvalue weighted by Gasteiger charge is -2.15. The Morgan fingerprint density at radius 1 is 0.792 bits per heavy atom. The fourth-order valence-electron chi connectivity index (χ4n) is 5.42. The van der Waals surface area contributed by atoms with E-state index in [1.807, 2.05) is 30.3 Å². The predicted octanol–water partition coefficient (Wildman–Crippen LogP) is 7.28. The van der Waals surface area contributed by atoms with E-state index in [-0.39, 0.29) is 30.5 Å². The molecule has 5 aromatic carbocycles. The molecule has 1 aliphatic heterocycles. The molecule has 0 saturated carbocycles. The SMILES string of the molecule is CCOC(=O)c1ccc(N2C(=O)CC(Sc3ccc(NC(=O)/C(=C/c4ccc(OCc5ccccc5)cc4)NC(=O)c4ccccc4)cc3)C2=O)cc1. The first-order chi connectivity index (χ1) is 25.8. The lowest BCUT2D eigenvalue weighted by Crippen LogP contribution is -2.31. The Kier molecular flexibility index (Phi) is 11.8. The van der Waals surface area contributed by atoms with E-state index in [2.05, 4.69) is 10.6 Å². The second-order valence-corrected chi connectivity index (χ2v) is 13.1. The Balaban J connectivity index is 1.11. The fourth-order valence-corrected chi connectivity index (χ4v) is 6.47. The number of carbonyl (C=O) groups is 5. The molecule has 1 atom stereocenters. The van der Waals surface area contributed by atoms with Crippen LogP contribution < -0.4 is 20.3 Å². The summed E-state index contributed by atoms with van der Waals surface area (Å²) < 4.78 is 10.9. The summed E-state index contributed by atoms with van der Waals surface area (Å²) in [4.78, 5) is 66.6. The molecular weight excluding hydrogens is 691 g/mol. The number of carbonyl (C=O) groups excluding carboxylic acids is 5. The molecule has 5 aromatic rings. The van der Waals surface area contributed by atoms with Crippen molar-refractivity contribution in [3.63, 3.8) is 0 Å². The number of benzene rings is 5. The molecule has 1 heterocycles. The second kappa shape index (κ2) is 17.2. The monoisotopic (exact) mass is 725 g/mol. The van der Waals surface area contributed by atoms with Crippen molar-refractivity contribution < 1.29 is 33.4 Å². The summed E-state index contributed by atoms with van der Waals surface area (Å²) in [7, 11) is 0. The van der Waals surface area contributed by atoms with Crippen LogP contribution in [-0.2, 0) is 25.7 Å². The zero-order valence-corrected chi connectivity index (χ0v) is 29.5. The van der Waals surface area contributed by atoms with Gasteiger partial charge in [-0.15, -0.1) is 11.8 Å². The van der Waals surface area contributed by atoms with Crippen LogP contribution in [0.25, 0.3) is 6.08 Å². The van der Waals surface area contributed by atoms with Gasteiger partial charge in [0.15, 0.2) is 0 Å². The van der Waals surface area contributed by atoms with E-state index < -0.39 is 23.0 Å². The molecule has 266 valence electrons. The summed E-state index contributed by atoms with van der Waals surface area (Å²) in [6.45, 7) is 2.36. The Morgan fingerprint density at radius 3 is 2.11 bits per heavy atom. The summed E-state index contributed by atoms with van der Waals surface area (Å²) >= 11 is 1.24. The Hall–Kier alpha value is -6.46. The number of anilines is 2. The Bertz CT molecular complexity index is 2120. The second-order valence-electron chi connectivity index (χ2n) is 11.8. The highest BCUT2D eigenvalue weighted by atomic mass is 32.2. The molecule has 1 aliphatic rings. The van der Waals surface area contributed by atoms with Crippen molar-refractivity contribution >= 4 is 58.8 Å². The number of hydrogen-bond donors (Lipinski definition) is 2. The van der Waals surface area contributed by atoms with E-state index in [4.69, 9.17) is 9.47 Å². The van der Waals surface area contributed by atoms with Crippen LogP contribution in [0.4, 0.5) is 11.4 Å². The number of nitrogens with zero attached hydrogens (tertiary/aromatic N) is 1. The molecule has 53 heavy (non-hydrogen) atoms. The number of thioether (sulfide) groups is 1. The van der Waals surface area contributed by atoms with Gasteiger partial charge >= 0.3 is 5.97 Å². The highest BCUT2D eigenvalue weighted by Gasteiger charge is 2.40. The van der Waals surface area contributed by atoms with Crippen LogP contribution in [0.1, 0.15) is 45.2 Å². The van der Waals surface area contributed by atoms with Crippen LogP contribution in [0.5, 0.6) is 5.75 Å². The maximum absolute atomic E-state index is 13.6. The lowest BCUT2D eigenvalue weighted by atomic mass is 10.1. The summed E-state index contributed by atoms with van der Waals surface area (Å²) in [5, 5.41) is 4.93. The van der Waals surface area contributed by atoms with Crippen LogP contribution in [0, 0.1) is 0 Å². The van der Waals surface area contributed by atoms with Crippen molar-refractivity contribution in [2.24, 2.45) is 0 Å². The average molecular weight is 726 g/mol. The van der Waals surface area contributed by atoms with Crippen molar-refractivity contribution in [1.82, 2.24) is 5.32 Å². The number of hydrogen-bond acceptors (Lipinski definition) is 8. The van der Waals surface area contributed by atoms with Crippen molar-refractivity contribution in [2.45, 2.75) is 30.1 Å². The Morgan fingerprint density at radius 2 is 1.45 bits per heavy atom. The smallest absolute Gasteiger partial charge is 0.338 e. The van der Waals surface area contributed by atoms with Crippen molar-refractivity contribution in [1.29, 1.82) is 0 Å². The minimum absolute atomic E-state index is 0.0109. The molecular formula is C42H35N3O7S. The molecule has 1 saturated heterocycles. The molecule has 1 fully saturated rings. The van der Waals surface area contributed by atoms with Gasteiger partial charge in [-0.2, -0.15) is 0 Å². The van der Waals surface area contributed by atoms with Crippen molar-refractivity contribution in [3.05, 3.63) is 161 Å². The normalized spacial score (nSPS) is 14.1. The molecule has 0 aromatic heterocycles. The van der Waals surface area contributed by atoms with Crippen molar-refractivity contribution in [2.75, 3.05) is 16.8 Å². The number of amides is 4. The van der Waals surface area contributed by atoms with Gasteiger partial charge in [-0.1, -0.05) is 60.7 Å². The fraction of sp³-hybridized carbons (Fsp3) is 0.119. The summed E-state index contributed by atoms with van der Waals surface area (Å²) in [6, 6.07) is 38.6. The van der Waals surface area contributed by atoms with E-state index in [1.165, 1.54) is 23.9 Å². The van der Waals surface area contributed by atoms with E-state index in [0.717, 1.165) is 15.4 Å². The lowest BCUT2D eigenvalue weighted by molar-refractivity contribution is -0.121. The van der Waals surface area contributed by atoms with Gasteiger partial charge in [0, 0.05) is 22.6 Å². The molecule has 0 spiro atoms. The van der Waals surface area contributed by atoms with E-state index in [1.54, 1.807) is 104 Å². The first kappa shape index (κ1) is 36.3. The Labute approximate surface area is 310 Å². The maximum Gasteiger partial charge on any atom is 0.338 e. The number of esters is 1. The number of ether oxygens (including phenoxy) is 2. The van der Waals surface area contributed by atoms with Crippen molar-refractivity contribution in [3.8, 4) is 5.75 Å². The molecule has 0 aliphatic carbocycles. The van der Waals surface area contributed by atoms with Gasteiger partial charge in [0.1, 0.15) is 18.1 Å². The molecule has 0 radical (unpaired) electrons. The molecule has 6 rings (SSSR count). The third-order valence-corrected chi connectivity index (χ3v) is 9.30. The van der Waals surface area contributed by atoms with Gasteiger partial charge in [0.05, 0.1) is 23.1 Å². The minimum Gasteiger partial charge on any atom is -0.489 e. The van der Waals surface area contributed by atoms with Gasteiger partial charge < -0.3 is 20.1 Å². The predicted molar refractivity (Wildman–Crippen MR) is 203 cm³/mol. The third kappa shape index (κ3) is 9.46. The van der Waals surface area contributed by atoms with Gasteiger partial charge in [0.2, 0.25) is 11.8 Å². The zero-order chi connectivity index (χ0) is 37.2. The quantitative estimate of drug-likeness (QED) is 0.0736. The van der Waals surface area contributed by atoms with Crippen LogP contribution in [0.15, 0.2) is 144 Å². The van der Waals surface area contributed by atoms with Crippen LogP contribution in [0.2, 0.25) is 0 Å². The minimum atomic E-state index is -0.648. The zero-order valence-electron chi connectivity index (χ0n) is 28.7. The summed E-state index contributed by atoms with van der Waals surface area (Å²) in [5.74, 6) is -1.51. The summed E-state index contributed by atoms with van der Waals surface area (Å²) in [6.07, 6.45) is 1.59. The van der Waals surface area contributed by atoms with E-state index in [0.29, 0.717) is 40.4 Å². The van der Waals surface area contributed by atoms with Gasteiger partial charge in [-0.3, -0.25) is 19.2 Å². The summed E-state index contributed by atoms with van der Waals surface area (Å²) in [5.41, 5.74) is 3.29. The number of rotatable bonds is 13. The maximum atomic E-state index is 13.6. The highest BCUT2D eigenvalue weighted by Crippen LogP contribution is 2.34. The van der Waals surface area contributed by atoms with Gasteiger partial charge in [-0.05, 0) is 96.9 Å². The van der Waals surface area contributed by atoms with E-state index >= 15 is 0 Å². The van der Waals surface area contributed by atoms with Crippen LogP contribution in [0.3, 0.4) is 0 Å². The van der Waals surface area contributed by atoms with Crippen LogP contribution >= 0.6 is 11.8 Å². The standard InChI is InChI=1S/C42H35N3O7S/c1-2-51-42(50)31-15-19-33(20-16-31)45-38(46)26-37(41(45)49)53-35-23-17-32(18-24-35)43-40(48)36(44-39(47)30-11-7-4-8-12-30)25-28-13-21-34(22-14-28)52-27-29-9-5-3-6-10-29/h3-25,37H,2,26-27H2,1H3,(H,43,48)(H,44,47)/b36-25-. The average Bonchev–Trinajstić information content (AvgIpc) is 3.47. The van der Waals surface area contributed by atoms with Crippen LogP contribution in [-0.4, -0.2) is 41.5 Å². The molecule has 0 bridgehead atoms. The van der Waals surface area contributed by atoms with Gasteiger partial charge in [-0.25, -0.2) is 9.69 Å². The third-order valence-electron chi connectivity index (χ3n) is 8.10. The topological polar surface area (TPSA) is 131 Å². The molecule has 1 unspecified atom stereocenters.